The normalized spacial score (nSPS) is 12.4. The highest BCUT2D eigenvalue weighted by atomic mass is 15.1. The molecule has 1 heterocycles. The molecular weight excluding hydrogens is 234 g/mol. The van der Waals surface area contributed by atoms with Gasteiger partial charge in [-0.3, -0.25) is 4.98 Å². The van der Waals surface area contributed by atoms with Crippen molar-refractivity contribution in [1.82, 2.24) is 15.2 Å². The molecular formula is C16H29N3. The predicted molar refractivity (Wildman–Crippen MR) is 82.0 cm³/mol. The second kappa shape index (κ2) is 7.01. The lowest BCUT2D eigenvalue weighted by Crippen LogP contribution is -2.35. The molecule has 0 bridgehead atoms. The highest BCUT2D eigenvalue weighted by Crippen LogP contribution is 2.07. The average molecular weight is 263 g/mol. The van der Waals surface area contributed by atoms with Gasteiger partial charge in [0.25, 0.3) is 0 Å². The van der Waals surface area contributed by atoms with Crippen LogP contribution in [0.3, 0.4) is 0 Å². The molecule has 0 atom stereocenters. The zero-order valence-corrected chi connectivity index (χ0v) is 13.3. The fraction of sp³-hybridized carbons (Fsp3) is 0.688. The van der Waals surface area contributed by atoms with Crippen LogP contribution in [0.15, 0.2) is 18.3 Å². The fourth-order valence-electron chi connectivity index (χ4n) is 1.98. The Labute approximate surface area is 118 Å². The zero-order valence-electron chi connectivity index (χ0n) is 13.3. The summed E-state index contributed by atoms with van der Waals surface area (Å²) in [5.41, 5.74) is 2.53. The van der Waals surface area contributed by atoms with Crippen molar-refractivity contribution >= 4 is 0 Å². The Balaban J connectivity index is 2.47. The topological polar surface area (TPSA) is 28.2 Å². The van der Waals surface area contributed by atoms with Gasteiger partial charge in [0, 0.05) is 31.4 Å². The Bertz CT molecular complexity index is 363. The third-order valence-corrected chi connectivity index (χ3v) is 2.82. The average Bonchev–Trinajstić information content (AvgIpc) is 2.26. The summed E-state index contributed by atoms with van der Waals surface area (Å²) in [6.45, 7) is 13.9. The Morgan fingerprint density at radius 3 is 2.42 bits per heavy atom. The molecule has 0 aliphatic carbocycles. The van der Waals surface area contributed by atoms with E-state index in [4.69, 9.17) is 0 Å². The molecule has 0 amide bonds. The van der Waals surface area contributed by atoms with E-state index >= 15 is 0 Å². The van der Waals surface area contributed by atoms with E-state index in [0.717, 1.165) is 25.3 Å². The fourth-order valence-corrected chi connectivity index (χ4v) is 1.98. The molecule has 0 saturated heterocycles. The Hall–Kier alpha value is -0.930. The molecule has 1 aromatic rings. The monoisotopic (exact) mass is 263 g/mol. The van der Waals surface area contributed by atoms with E-state index in [1.807, 2.05) is 6.20 Å². The van der Waals surface area contributed by atoms with Crippen LogP contribution in [0.5, 0.6) is 0 Å². The first kappa shape index (κ1) is 16.1. The quantitative estimate of drug-likeness (QED) is 0.855. The number of aromatic nitrogens is 1. The molecule has 19 heavy (non-hydrogen) atoms. The summed E-state index contributed by atoms with van der Waals surface area (Å²) in [5, 5.41) is 3.47. The maximum Gasteiger partial charge on any atom is 0.0544 e. The molecule has 0 saturated carbocycles. The van der Waals surface area contributed by atoms with Crippen molar-refractivity contribution in [2.45, 2.75) is 53.2 Å². The van der Waals surface area contributed by atoms with Gasteiger partial charge in [0.15, 0.2) is 0 Å². The van der Waals surface area contributed by atoms with E-state index in [-0.39, 0.29) is 5.54 Å². The van der Waals surface area contributed by atoms with Crippen LogP contribution in [0.2, 0.25) is 0 Å². The van der Waals surface area contributed by atoms with Gasteiger partial charge in [0.2, 0.25) is 0 Å². The highest BCUT2D eigenvalue weighted by Gasteiger charge is 2.08. The van der Waals surface area contributed by atoms with Crippen molar-refractivity contribution in [2.24, 2.45) is 5.92 Å². The third-order valence-electron chi connectivity index (χ3n) is 2.82. The van der Waals surface area contributed by atoms with Crippen LogP contribution < -0.4 is 5.32 Å². The number of hydrogen-bond acceptors (Lipinski definition) is 3. The molecule has 3 nitrogen and oxygen atoms in total. The van der Waals surface area contributed by atoms with Crippen LogP contribution in [-0.2, 0) is 13.1 Å². The third kappa shape index (κ3) is 7.28. The zero-order chi connectivity index (χ0) is 14.5. The molecule has 0 aliphatic heterocycles. The van der Waals surface area contributed by atoms with E-state index in [0.29, 0.717) is 5.92 Å². The van der Waals surface area contributed by atoms with E-state index in [1.54, 1.807) is 0 Å². The predicted octanol–water partition coefficient (Wildman–Crippen LogP) is 3.06. The van der Waals surface area contributed by atoms with E-state index < -0.39 is 0 Å². The van der Waals surface area contributed by atoms with E-state index in [9.17, 15) is 0 Å². The summed E-state index contributed by atoms with van der Waals surface area (Å²) in [5.74, 6) is 0.695. The second-order valence-electron chi connectivity index (χ2n) is 6.85. The number of hydrogen-bond donors (Lipinski definition) is 1. The molecule has 108 valence electrons. The van der Waals surface area contributed by atoms with Crippen molar-refractivity contribution in [2.75, 3.05) is 13.6 Å². The van der Waals surface area contributed by atoms with Gasteiger partial charge in [0.1, 0.15) is 0 Å². The molecule has 1 rings (SSSR count). The summed E-state index contributed by atoms with van der Waals surface area (Å²) >= 11 is 0. The minimum Gasteiger partial charge on any atom is -0.308 e. The summed E-state index contributed by atoms with van der Waals surface area (Å²) in [7, 11) is 2.15. The van der Waals surface area contributed by atoms with Gasteiger partial charge in [-0.05, 0) is 45.4 Å². The molecule has 1 N–H and O–H groups in total. The van der Waals surface area contributed by atoms with Gasteiger partial charge in [0.05, 0.1) is 5.69 Å². The minimum atomic E-state index is 0.149. The molecule has 0 unspecified atom stereocenters. The lowest BCUT2D eigenvalue weighted by molar-refractivity contribution is 0.285. The Morgan fingerprint density at radius 1 is 1.26 bits per heavy atom. The molecule has 3 heteroatoms. The van der Waals surface area contributed by atoms with E-state index in [2.05, 4.69) is 69.0 Å². The molecule has 0 fully saturated rings. The first-order valence-electron chi connectivity index (χ1n) is 7.13. The van der Waals surface area contributed by atoms with Gasteiger partial charge in [-0.2, -0.15) is 0 Å². The van der Waals surface area contributed by atoms with Crippen LogP contribution in [0.1, 0.15) is 45.9 Å². The number of rotatable bonds is 6. The molecule has 0 aliphatic rings. The van der Waals surface area contributed by atoms with Crippen LogP contribution >= 0.6 is 0 Å². The van der Waals surface area contributed by atoms with Gasteiger partial charge in [-0.25, -0.2) is 0 Å². The SMILES string of the molecule is CC(C)CN(C)Cc1ccc(CNC(C)(C)C)cn1. The lowest BCUT2D eigenvalue weighted by atomic mass is 10.1. The highest BCUT2D eigenvalue weighted by molar-refractivity contribution is 5.14. The van der Waals surface area contributed by atoms with Crippen molar-refractivity contribution in [3.8, 4) is 0 Å². The van der Waals surface area contributed by atoms with Crippen molar-refractivity contribution < 1.29 is 0 Å². The Morgan fingerprint density at radius 2 is 1.95 bits per heavy atom. The number of nitrogens with zero attached hydrogens (tertiary/aromatic N) is 2. The van der Waals surface area contributed by atoms with Crippen LogP contribution in [0.25, 0.3) is 0 Å². The van der Waals surface area contributed by atoms with E-state index in [1.165, 1.54) is 5.56 Å². The molecule has 0 aromatic carbocycles. The number of nitrogens with one attached hydrogen (secondary N) is 1. The van der Waals surface area contributed by atoms with Crippen LogP contribution in [-0.4, -0.2) is 29.0 Å². The summed E-state index contributed by atoms with van der Waals surface area (Å²) in [6.07, 6.45) is 1.98. The van der Waals surface area contributed by atoms with Crippen LogP contribution in [0.4, 0.5) is 0 Å². The first-order chi connectivity index (χ1) is 8.76. The summed E-state index contributed by atoms with van der Waals surface area (Å²) in [6, 6.07) is 4.31. The van der Waals surface area contributed by atoms with Gasteiger partial charge < -0.3 is 10.2 Å². The standard InChI is InChI=1S/C16H29N3/c1-13(2)11-19(6)12-15-8-7-14(9-17-15)10-18-16(3,4)5/h7-9,13,18H,10-12H2,1-6H3. The lowest BCUT2D eigenvalue weighted by Gasteiger charge is -2.21. The van der Waals surface area contributed by atoms with Crippen molar-refractivity contribution in [3.63, 3.8) is 0 Å². The minimum absolute atomic E-state index is 0.149. The maximum atomic E-state index is 4.54. The van der Waals surface area contributed by atoms with Crippen molar-refractivity contribution in [1.29, 1.82) is 0 Å². The smallest absolute Gasteiger partial charge is 0.0544 e. The van der Waals surface area contributed by atoms with Gasteiger partial charge in [-0.1, -0.05) is 19.9 Å². The summed E-state index contributed by atoms with van der Waals surface area (Å²) < 4.78 is 0. The van der Waals surface area contributed by atoms with Crippen LogP contribution in [0, 0.1) is 5.92 Å². The Kier molecular flexibility index (Phi) is 5.95. The largest absolute Gasteiger partial charge is 0.308 e. The van der Waals surface area contributed by atoms with Gasteiger partial charge in [-0.15, -0.1) is 0 Å². The maximum absolute atomic E-state index is 4.54. The van der Waals surface area contributed by atoms with Gasteiger partial charge >= 0.3 is 0 Å². The number of pyridine rings is 1. The second-order valence-corrected chi connectivity index (χ2v) is 6.85. The molecule has 0 radical (unpaired) electrons. The van der Waals surface area contributed by atoms with Crippen molar-refractivity contribution in [3.05, 3.63) is 29.6 Å². The summed E-state index contributed by atoms with van der Waals surface area (Å²) in [4.78, 5) is 6.86. The molecule has 0 spiro atoms. The molecule has 1 aromatic heterocycles. The first-order valence-corrected chi connectivity index (χ1v) is 7.13.